The summed E-state index contributed by atoms with van der Waals surface area (Å²) in [6.07, 6.45) is 3.93. The molecule has 0 radical (unpaired) electrons. The molecule has 0 spiro atoms. The topological polar surface area (TPSA) is 15.3 Å². The van der Waals surface area contributed by atoms with Crippen LogP contribution in [0.15, 0.2) is 30.3 Å². The predicted octanol–water partition coefficient (Wildman–Crippen LogP) is 3.29. The lowest BCUT2D eigenvalue weighted by atomic mass is 9.82. The van der Waals surface area contributed by atoms with E-state index < -0.39 is 0 Å². The van der Waals surface area contributed by atoms with Crippen molar-refractivity contribution in [1.82, 2.24) is 10.2 Å². The van der Waals surface area contributed by atoms with Crippen LogP contribution in [0.2, 0.25) is 0 Å². The van der Waals surface area contributed by atoms with Crippen molar-refractivity contribution in [2.45, 2.75) is 38.5 Å². The molecule has 0 aliphatic heterocycles. The summed E-state index contributed by atoms with van der Waals surface area (Å²) in [5.41, 5.74) is 1.60. The van der Waals surface area contributed by atoms with E-state index in [2.05, 4.69) is 61.4 Å². The van der Waals surface area contributed by atoms with E-state index in [4.69, 9.17) is 0 Å². The second kappa shape index (κ2) is 8.34. The van der Waals surface area contributed by atoms with E-state index >= 15 is 0 Å². The van der Waals surface area contributed by atoms with Crippen LogP contribution in [0.1, 0.15) is 38.7 Å². The van der Waals surface area contributed by atoms with E-state index in [0.717, 1.165) is 13.1 Å². The Bertz CT molecular complexity index is 336. The minimum Gasteiger partial charge on any atom is -0.319 e. The summed E-state index contributed by atoms with van der Waals surface area (Å²) in [4.78, 5) is 2.47. The number of likely N-dealkylation sites (N-methyl/N-ethyl adjacent to an activating group) is 2. The van der Waals surface area contributed by atoms with Gasteiger partial charge in [-0.3, -0.25) is 0 Å². The van der Waals surface area contributed by atoms with Crippen LogP contribution >= 0.6 is 0 Å². The van der Waals surface area contributed by atoms with Crippen LogP contribution in [0.4, 0.5) is 0 Å². The highest BCUT2D eigenvalue weighted by Gasteiger charge is 2.27. The minimum absolute atomic E-state index is 0.178. The van der Waals surface area contributed by atoms with E-state index in [-0.39, 0.29) is 5.41 Å². The van der Waals surface area contributed by atoms with E-state index in [1.54, 1.807) is 0 Å². The van der Waals surface area contributed by atoms with Gasteiger partial charge in [-0.05, 0) is 32.6 Å². The molecule has 2 nitrogen and oxygen atoms in total. The molecule has 108 valence electrons. The molecule has 2 heteroatoms. The molecule has 0 amide bonds. The summed E-state index contributed by atoms with van der Waals surface area (Å²) >= 11 is 0. The molecule has 0 aliphatic rings. The van der Waals surface area contributed by atoms with E-state index in [0.29, 0.717) is 0 Å². The van der Waals surface area contributed by atoms with Crippen molar-refractivity contribution in [2.75, 3.05) is 33.7 Å². The molecule has 0 saturated carbocycles. The van der Waals surface area contributed by atoms with Crippen molar-refractivity contribution >= 4 is 0 Å². The number of nitrogens with zero attached hydrogens (tertiary/aromatic N) is 1. The molecule has 0 aromatic heterocycles. The Balaban J connectivity index is 2.66. The lowest BCUT2D eigenvalue weighted by molar-refractivity contribution is 0.248. The lowest BCUT2D eigenvalue weighted by Crippen LogP contribution is -2.43. The van der Waals surface area contributed by atoms with Gasteiger partial charge < -0.3 is 10.2 Å². The Labute approximate surface area is 119 Å². The molecule has 1 atom stereocenters. The van der Waals surface area contributed by atoms with Gasteiger partial charge >= 0.3 is 0 Å². The number of hydrogen-bond acceptors (Lipinski definition) is 2. The van der Waals surface area contributed by atoms with Crippen LogP contribution < -0.4 is 5.32 Å². The van der Waals surface area contributed by atoms with Gasteiger partial charge in [-0.2, -0.15) is 0 Å². The van der Waals surface area contributed by atoms with Crippen LogP contribution in [-0.2, 0) is 5.41 Å². The molecular formula is C17H30N2. The van der Waals surface area contributed by atoms with Crippen molar-refractivity contribution < 1.29 is 0 Å². The monoisotopic (exact) mass is 262 g/mol. The number of benzene rings is 1. The lowest BCUT2D eigenvalue weighted by Gasteiger charge is -2.34. The molecular weight excluding hydrogens is 232 g/mol. The summed E-state index contributed by atoms with van der Waals surface area (Å²) in [7, 11) is 4.28. The van der Waals surface area contributed by atoms with Crippen molar-refractivity contribution in [2.24, 2.45) is 0 Å². The highest BCUT2D eigenvalue weighted by molar-refractivity contribution is 5.25. The molecule has 1 N–H and O–H groups in total. The predicted molar refractivity (Wildman–Crippen MR) is 84.7 cm³/mol. The third-order valence-corrected chi connectivity index (χ3v) is 3.80. The zero-order chi connectivity index (χ0) is 14.1. The zero-order valence-corrected chi connectivity index (χ0v) is 13.1. The van der Waals surface area contributed by atoms with Crippen LogP contribution in [0, 0.1) is 0 Å². The van der Waals surface area contributed by atoms with Gasteiger partial charge in [-0.15, -0.1) is 0 Å². The molecule has 0 bridgehead atoms. The smallest absolute Gasteiger partial charge is 0.0176 e. The molecule has 0 heterocycles. The van der Waals surface area contributed by atoms with E-state index in [1.165, 1.54) is 31.4 Å². The van der Waals surface area contributed by atoms with Crippen molar-refractivity contribution in [3.8, 4) is 0 Å². The van der Waals surface area contributed by atoms with Crippen molar-refractivity contribution in [3.63, 3.8) is 0 Å². The number of unbranched alkanes of at least 4 members (excludes halogenated alkanes) is 2. The van der Waals surface area contributed by atoms with Gasteiger partial charge in [0.05, 0.1) is 0 Å². The van der Waals surface area contributed by atoms with Gasteiger partial charge in [0.15, 0.2) is 0 Å². The molecule has 0 aliphatic carbocycles. The molecule has 0 saturated heterocycles. The SMILES string of the molecule is CCCCCN(C)CC(C)(CNC)c1ccccc1. The molecule has 19 heavy (non-hydrogen) atoms. The fourth-order valence-corrected chi connectivity index (χ4v) is 2.79. The summed E-state index contributed by atoms with van der Waals surface area (Å²) in [5, 5.41) is 3.35. The molecule has 0 fully saturated rings. The van der Waals surface area contributed by atoms with Crippen LogP contribution in [0.3, 0.4) is 0 Å². The Morgan fingerprint density at radius 3 is 2.42 bits per heavy atom. The molecule has 1 aromatic rings. The summed E-state index contributed by atoms with van der Waals surface area (Å²) in [5.74, 6) is 0. The van der Waals surface area contributed by atoms with Gasteiger partial charge in [-0.1, -0.05) is 57.0 Å². The highest BCUT2D eigenvalue weighted by Crippen LogP contribution is 2.24. The highest BCUT2D eigenvalue weighted by atomic mass is 15.1. The third kappa shape index (κ3) is 5.33. The van der Waals surface area contributed by atoms with Gasteiger partial charge in [0.1, 0.15) is 0 Å². The third-order valence-electron chi connectivity index (χ3n) is 3.80. The molecule has 1 aromatic carbocycles. The zero-order valence-electron chi connectivity index (χ0n) is 13.1. The average Bonchev–Trinajstić information content (AvgIpc) is 2.40. The van der Waals surface area contributed by atoms with Gasteiger partial charge in [0.2, 0.25) is 0 Å². The Morgan fingerprint density at radius 1 is 1.16 bits per heavy atom. The van der Waals surface area contributed by atoms with Gasteiger partial charge in [0, 0.05) is 18.5 Å². The second-order valence-electron chi connectivity index (χ2n) is 5.90. The fourth-order valence-electron chi connectivity index (χ4n) is 2.79. The average molecular weight is 262 g/mol. The van der Waals surface area contributed by atoms with Crippen LogP contribution in [-0.4, -0.2) is 38.6 Å². The van der Waals surface area contributed by atoms with E-state index in [9.17, 15) is 0 Å². The fraction of sp³-hybridized carbons (Fsp3) is 0.647. The first kappa shape index (κ1) is 16.2. The Hall–Kier alpha value is -0.860. The number of rotatable bonds is 9. The van der Waals surface area contributed by atoms with Gasteiger partial charge in [0.25, 0.3) is 0 Å². The maximum Gasteiger partial charge on any atom is 0.0176 e. The quantitative estimate of drug-likeness (QED) is 0.687. The normalized spacial score (nSPS) is 14.6. The van der Waals surface area contributed by atoms with Crippen molar-refractivity contribution in [1.29, 1.82) is 0 Å². The maximum absolute atomic E-state index is 3.35. The number of nitrogens with one attached hydrogen (secondary N) is 1. The first-order valence-corrected chi connectivity index (χ1v) is 7.51. The van der Waals surface area contributed by atoms with E-state index in [1.807, 2.05) is 7.05 Å². The van der Waals surface area contributed by atoms with Crippen molar-refractivity contribution in [3.05, 3.63) is 35.9 Å². The Kier molecular flexibility index (Phi) is 7.11. The van der Waals surface area contributed by atoms with Gasteiger partial charge in [-0.25, -0.2) is 0 Å². The largest absolute Gasteiger partial charge is 0.319 e. The standard InChI is InChI=1S/C17H30N2/c1-5-6-10-13-19(4)15-17(2,14-18-3)16-11-8-7-9-12-16/h7-9,11-12,18H,5-6,10,13-15H2,1-4H3. The maximum atomic E-state index is 3.35. The molecule has 1 unspecified atom stereocenters. The Morgan fingerprint density at radius 2 is 1.84 bits per heavy atom. The van der Waals surface area contributed by atoms with Crippen LogP contribution in [0.25, 0.3) is 0 Å². The second-order valence-corrected chi connectivity index (χ2v) is 5.90. The summed E-state index contributed by atoms with van der Waals surface area (Å²) < 4.78 is 0. The minimum atomic E-state index is 0.178. The first-order chi connectivity index (χ1) is 9.12. The number of hydrogen-bond donors (Lipinski definition) is 1. The summed E-state index contributed by atoms with van der Waals surface area (Å²) in [6.45, 7) is 7.92. The first-order valence-electron chi connectivity index (χ1n) is 7.51. The molecule has 1 rings (SSSR count). The summed E-state index contributed by atoms with van der Waals surface area (Å²) in [6, 6.07) is 10.9. The van der Waals surface area contributed by atoms with Crippen LogP contribution in [0.5, 0.6) is 0 Å².